The van der Waals surface area contributed by atoms with Crippen LogP contribution in [0.3, 0.4) is 0 Å². The summed E-state index contributed by atoms with van der Waals surface area (Å²) < 4.78 is 5.62. The molecule has 0 aliphatic carbocycles. The topological polar surface area (TPSA) is 58.7 Å². The van der Waals surface area contributed by atoms with E-state index in [1.54, 1.807) is 0 Å². The van der Waals surface area contributed by atoms with Gasteiger partial charge in [-0.3, -0.25) is 4.90 Å². The zero-order valence-corrected chi connectivity index (χ0v) is 10.9. The Balaban J connectivity index is 1.95. The minimum Gasteiger partial charge on any atom is -0.398 e. The van der Waals surface area contributed by atoms with Crippen LogP contribution in [-0.2, 0) is 4.74 Å². The molecule has 100 valence electrons. The average Bonchev–Trinajstić information content (AvgIpc) is 2.39. The van der Waals surface area contributed by atoms with Crippen molar-refractivity contribution in [3.05, 3.63) is 29.8 Å². The highest BCUT2D eigenvalue weighted by atomic mass is 16.5. The summed E-state index contributed by atoms with van der Waals surface area (Å²) in [6, 6.07) is 7.50. The molecule has 1 saturated heterocycles. The predicted molar refractivity (Wildman–Crippen MR) is 72.3 cm³/mol. The number of para-hydroxylation sites is 1. The SMILES string of the molecule is CCC1CN(CC(O)c2ccccc2N)CCO1. The van der Waals surface area contributed by atoms with Crippen LogP contribution in [0.4, 0.5) is 5.69 Å². The van der Waals surface area contributed by atoms with Gasteiger partial charge >= 0.3 is 0 Å². The molecule has 1 aromatic rings. The van der Waals surface area contributed by atoms with Gasteiger partial charge in [-0.05, 0) is 12.5 Å². The molecule has 1 aromatic carbocycles. The molecule has 0 aromatic heterocycles. The van der Waals surface area contributed by atoms with Gasteiger partial charge in [-0.1, -0.05) is 25.1 Å². The Morgan fingerprint density at radius 2 is 2.28 bits per heavy atom. The Bertz CT molecular complexity index is 384. The van der Waals surface area contributed by atoms with E-state index in [0.29, 0.717) is 18.3 Å². The normalized spacial score (nSPS) is 22.9. The molecule has 4 nitrogen and oxygen atoms in total. The molecule has 0 saturated carbocycles. The standard InChI is InChI=1S/C14H22N2O2/c1-2-11-9-16(7-8-18-11)10-14(17)12-5-3-4-6-13(12)15/h3-6,11,14,17H,2,7-10,15H2,1H3. The molecule has 3 N–H and O–H groups in total. The second-order valence-electron chi connectivity index (χ2n) is 4.81. The molecular weight excluding hydrogens is 228 g/mol. The number of hydrogen-bond acceptors (Lipinski definition) is 4. The van der Waals surface area contributed by atoms with Crippen LogP contribution in [-0.4, -0.2) is 42.4 Å². The minimum absolute atomic E-state index is 0.291. The summed E-state index contributed by atoms with van der Waals surface area (Å²) in [6.45, 7) is 5.25. The van der Waals surface area contributed by atoms with E-state index in [1.165, 1.54) is 0 Å². The maximum Gasteiger partial charge on any atom is 0.0936 e. The number of nitrogen functional groups attached to an aromatic ring is 1. The second-order valence-corrected chi connectivity index (χ2v) is 4.81. The number of nitrogens with zero attached hydrogens (tertiary/aromatic N) is 1. The number of morpholine rings is 1. The number of aliphatic hydroxyl groups is 1. The van der Waals surface area contributed by atoms with Gasteiger partial charge in [-0.15, -0.1) is 0 Å². The van der Waals surface area contributed by atoms with Crippen LogP contribution in [0.25, 0.3) is 0 Å². The van der Waals surface area contributed by atoms with Crippen LogP contribution >= 0.6 is 0 Å². The molecule has 0 amide bonds. The number of nitrogens with two attached hydrogens (primary N) is 1. The Hall–Kier alpha value is -1.10. The Morgan fingerprint density at radius 3 is 3.00 bits per heavy atom. The number of anilines is 1. The largest absolute Gasteiger partial charge is 0.398 e. The van der Waals surface area contributed by atoms with Crippen LogP contribution in [0.1, 0.15) is 25.0 Å². The molecule has 2 unspecified atom stereocenters. The summed E-state index contributed by atoms with van der Waals surface area (Å²) >= 11 is 0. The fraction of sp³-hybridized carbons (Fsp3) is 0.571. The predicted octanol–water partition coefficient (Wildman–Crippen LogP) is 1.41. The van der Waals surface area contributed by atoms with Gasteiger partial charge in [0.15, 0.2) is 0 Å². The van der Waals surface area contributed by atoms with E-state index in [2.05, 4.69) is 11.8 Å². The van der Waals surface area contributed by atoms with Crippen LogP contribution in [0.5, 0.6) is 0 Å². The molecule has 1 fully saturated rings. The number of aliphatic hydroxyl groups excluding tert-OH is 1. The summed E-state index contributed by atoms with van der Waals surface area (Å²) in [5.41, 5.74) is 7.35. The maximum absolute atomic E-state index is 10.3. The lowest BCUT2D eigenvalue weighted by molar-refractivity contribution is -0.0417. The Morgan fingerprint density at radius 1 is 1.50 bits per heavy atom. The van der Waals surface area contributed by atoms with Gasteiger partial charge < -0.3 is 15.6 Å². The van der Waals surface area contributed by atoms with Gasteiger partial charge in [0.05, 0.1) is 18.8 Å². The molecule has 4 heteroatoms. The first-order valence-corrected chi connectivity index (χ1v) is 6.57. The van der Waals surface area contributed by atoms with Crippen LogP contribution in [0, 0.1) is 0 Å². The zero-order valence-electron chi connectivity index (χ0n) is 10.9. The summed E-state index contributed by atoms with van der Waals surface area (Å²) in [7, 11) is 0. The monoisotopic (exact) mass is 250 g/mol. The lowest BCUT2D eigenvalue weighted by Gasteiger charge is -2.33. The number of hydrogen-bond donors (Lipinski definition) is 2. The Kier molecular flexibility index (Phi) is 4.58. The Labute approximate surface area is 108 Å². The van der Waals surface area contributed by atoms with Crippen molar-refractivity contribution in [2.24, 2.45) is 0 Å². The van der Waals surface area contributed by atoms with Gasteiger partial charge in [0.1, 0.15) is 0 Å². The van der Waals surface area contributed by atoms with Crippen molar-refractivity contribution in [1.82, 2.24) is 4.90 Å². The fourth-order valence-corrected chi connectivity index (χ4v) is 2.35. The summed E-state index contributed by atoms with van der Waals surface area (Å²) in [4.78, 5) is 2.24. The van der Waals surface area contributed by atoms with Gasteiger partial charge in [0, 0.05) is 30.9 Å². The average molecular weight is 250 g/mol. The third-order valence-corrected chi connectivity index (χ3v) is 3.46. The van der Waals surface area contributed by atoms with E-state index < -0.39 is 6.10 Å². The first-order valence-electron chi connectivity index (χ1n) is 6.57. The maximum atomic E-state index is 10.3. The quantitative estimate of drug-likeness (QED) is 0.793. The highest BCUT2D eigenvalue weighted by Gasteiger charge is 2.22. The first kappa shape index (κ1) is 13.3. The van der Waals surface area contributed by atoms with Crippen molar-refractivity contribution in [3.8, 4) is 0 Å². The summed E-state index contributed by atoms with van der Waals surface area (Å²) in [5.74, 6) is 0. The molecule has 1 aliphatic heterocycles. The first-order chi connectivity index (χ1) is 8.70. The molecule has 2 atom stereocenters. The highest BCUT2D eigenvalue weighted by molar-refractivity contribution is 5.47. The van der Waals surface area contributed by atoms with E-state index in [-0.39, 0.29) is 0 Å². The van der Waals surface area contributed by atoms with Crippen molar-refractivity contribution in [2.75, 3.05) is 32.0 Å². The molecular formula is C14H22N2O2. The van der Waals surface area contributed by atoms with Crippen molar-refractivity contribution < 1.29 is 9.84 Å². The molecule has 2 rings (SSSR count). The van der Waals surface area contributed by atoms with Crippen LogP contribution in [0.2, 0.25) is 0 Å². The van der Waals surface area contributed by atoms with Crippen molar-refractivity contribution in [1.29, 1.82) is 0 Å². The van der Waals surface area contributed by atoms with Gasteiger partial charge in [0.2, 0.25) is 0 Å². The molecule has 1 heterocycles. The lowest BCUT2D eigenvalue weighted by atomic mass is 10.1. The van der Waals surface area contributed by atoms with Gasteiger partial charge in [-0.2, -0.15) is 0 Å². The molecule has 18 heavy (non-hydrogen) atoms. The van der Waals surface area contributed by atoms with E-state index in [9.17, 15) is 5.11 Å². The smallest absolute Gasteiger partial charge is 0.0936 e. The van der Waals surface area contributed by atoms with Gasteiger partial charge in [0.25, 0.3) is 0 Å². The van der Waals surface area contributed by atoms with E-state index in [1.807, 2.05) is 24.3 Å². The molecule has 0 spiro atoms. The van der Waals surface area contributed by atoms with E-state index in [0.717, 1.165) is 31.7 Å². The number of ether oxygens (including phenoxy) is 1. The van der Waals surface area contributed by atoms with Crippen LogP contribution in [0.15, 0.2) is 24.3 Å². The number of rotatable bonds is 4. The lowest BCUT2D eigenvalue weighted by Crippen LogP contribution is -2.43. The summed E-state index contributed by atoms with van der Waals surface area (Å²) in [6.07, 6.45) is 0.779. The fourth-order valence-electron chi connectivity index (χ4n) is 2.35. The molecule has 0 radical (unpaired) electrons. The third-order valence-electron chi connectivity index (χ3n) is 3.46. The van der Waals surface area contributed by atoms with Crippen molar-refractivity contribution >= 4 is 5.69 Å². The number of β-amino-alcohol motifs (C(OH)–C–C–N with tert-alkyl or cyclic N) is 1. The zero-order chi connectivity index (χ0) is 13.0. The van der Waals surface area contributed by atoms with Crippen molar-refractivity contribution in [2.45, 2.75) is 25.6 Å². The van der Waals surface area contributed by atoms with Crippen molar-refractivity contribution in [3.63, 3.8) is 0 Å². The highest BCUT2D eigenvalue weighted by Crippen LogP contribution is 2.21. The minimum atomic E-state index is -0.526. The van der Waals surface area contributed by atoms with Crippen LogP contribution < -0.4 is 5.73 Å². The second kappa shape index (κ2) is 6.18. The third kappa shape index (κ3) is 3.22. The van der Waals surface area contributed by atoms with Gasteiger partial charge in [-0.25, -0.2) is 0 Å². The van der Waals surface area contributed by atoms with E-state index >= 15 is 0 Å². The summed E-state index contributed by atoms with van der Waals surface area (Å²) in [5, 5.41) is 10.3. The van der Waals surface area contributed by atoms with E-state index in [4.69, 9.17) is 10.5 Å². The molecule has 0 bridgehead atoms. The number of benzene rings is 1. The molecule has 1 aliphatic rings.